The molecule has 0 fully saturated rings. The maximum absolute atomic E-state index is 12.1. The molecule has 0 saturated heterocycles. The molecule has 0 radical (unpaired) electrons. The van der Waals surface area contributed by atoms with Gasteiger partial charge in [-0.1, -0.05) is 67.0 Å². The van der Waals surface area contributed by atoms with Crippen molar-refractivity contribution >= 4 is 54.4 Å². The largest absolute Gasteiger partial charge is 0.483 e. The van der Waals surface area contributed by atoms with Gasteiger partial charge in [-0.05, 0) is 61.9 Å². The fourth-order valence-electron chi connectivity index (χ4n) is 3.06. The van der Waals surface area contributed by atoms with Crippen LogP contribution in [0.1, 0.15) is 26.3 Å². The quantitative estimate of drug-likeness (QED) is 0.401. The van der Waals surface area contributed by atoms with Gasteiger partial charge in [-0.25, -0.2) is 0 Å². The van der Waals surface area contributed by atoms with Crippen LogP contribution in [0.3, 0.4) is 0 Å². The van der Waals surface area contributed by atoms with Gasteiger partial charge >= 0.3 is 0 Å². The Morgan fingerprint density at radius 3 is 2.12 bits per heavy atom. The molecule has 8 heteroatoms. The number of benzene rings is 3. The first-order chi connectivity index (χ1) is 15.1. The summed E-state index contributed by atoms with van der Waals surface area (Å²) in [5.74, 6) is 0.206. The molecule has 3 rings (SSSR count). The van der Waals surface area contributed by atoms with Crippen LogP contribution in [0.5, 0.6) is 11.5 Å². The summed E-state index contributed by atoms with van der Waals surface area (Å²) in [4.78, 5) is 24.2. The van der Waals surface area contributed by atoms with Crippen LogP contribution in [0.2, 0.25) is 0 Å². The highest BCUT2D eigenvalue weighted by molar-refractivity contribution is 9.11. The number of nitrogens with one attached hydrogen (secondary N) is 2. The van der Waals surface area contributed by atoms with Crippen LogP contribution in [0.25, 0.3) is 10.8 Å². The Morgan fingerprint density at radius 1 is 0.844 bits per heavy atom. The minimum Gasteiger partial charge on any atom is -0.483 e. The molecular weight excluding hydrogens is 540 g/mol. The normalized spacial score (nSPS) is 11.2. The van der Waals surface area contributed by atoms with E-state index in [1.807, 2.05) is 48.5 Å². The van der Waals surface area contributed by atoms with Gasteiger partial charge in [0.25, 0.3) is 11.8 Å². The zero-order valence-corrected chi connectivity index (χ0v) is 21.2. The Kier molecular flexibility index (Phi) is 7.79. The molecule has 168 valence electrons. The topological polar surface area (TPSA) is 76.7 Å². The number of hydrogen-bond acceptors (Lipinski definition) is 4. The highest BCUT2D eigenvalue weighted by Crippen LogP contribution is 2.34. The second kappa shape index (κ2) is 10.4. The van der Waals surface area contributed by atoms with E-state index in [9.17, 15) is 9.59 Å². The van der Waals surface area contributed by atoms with Gasteiger partial charge in [0.05, 0.1) is 4.47 Å². The van der Waals surface area contributed by atoms with Crippen molar-refractivity contribution in [2.24, 2.45) is 0 Å². The molecule has 0 aliphatic carbocycles. The van der Waals surface area contributed by atoms with E-state index in [-0.39, 0.29) is 18.6 Å². The predicted molar refractivity (Wildman–Crippen MR) is 132 cm³/mol. The standard InChI is InChI=1S/C24H24Br2N2O4/c1-24(2,3)18-6-4-5-7-19(18)31-13-21(29)27-28-22(30)14-32-20-11-8-15-12-16(25)9-10-17(15)23(20)26/h4-12H,13-14H2,1-3H3,(H,27,29)(H,28,30). The maximum atomic E-state index is 12.1. The third-order valence-corrected chi connectivity index (χ3v) is 5.95. The summed E-state index contributed by atoms with van der Waals surface area (Å²) >= 11 is 6.97. The molecular formula is C24H24Br2N2O4. The number of para-hydroxylation sites is 1. The van der Waals surface area contributed by atoms with E-state index in [1.54, 1.807) is 6.07 Å². The second-order valence-electron chi connectivity index (χ2n) is 8.16. The van der Waals surface area contributed by atoms with Gasteiger partial charge in [0.2, 0.25) is 0 Å². The van der Waals surface area contributed by atoms with Gasteiger partial charge < -0.3 is 9.47 Å². The first kappa shape index (κ1) is 24.1. The van der Waals surface area contributed by atoms with Crippen LogP contribution in [-0.4, -0.2) is 25.0 Å². The predicted octanol–water partition coefficient (Wildman–Crippen LogP) is 5.27. The number of ether oxygens (including phenoxy) is 2. The van der Waals surface area contributed by atoms with E-state index in [2.05, 4.69) is 63.5 Å². The number of rotatable bonds is 6. The molecule has 3 aromatic carbocycles. The lowest BCUT2D eigenvalue weighted by molar-refractivity contribution is -0.131. The molecule has 0 saturated carbocycles. The zero-order chi connectivity index (χ0) is 23.3. The first-order valence-electron chi connectivity index (χ1n) is 9.95. The molecule has 6 nitrogen and oxygen atoms in total. The number of amides is 2. The highest BCUT2D eigenvalue weighted by atomic mass is 79.9. The molecule has 32 heavy (non-hydrogen) atoms. The summed E-state index contributed by atoms with van der Waals surface area (Å²) in [5.41, 5.74) is 5.55. The lowest BCUT2D eigenvalue weighted by atomic mass is 9.86. The second-order valence-corrected chi connectivity index (χ2v) is 9.87. The van der Waals surface area contributed by atoms with Crippen LogP contribution < -0.4 is 20.3 Å². The minimum atomic E-state index is -0.490. The number of fused-ring (bicyclic) bond motifs is 1. The highest BCUT2D eigenvalue weighted by Gasteiger charge is 2.19. The van der Waals surface area contributed by atoms with Crippen LogP contribution in [0.15, 0.2) is 63.5 Å². The molecule has 2 N–H and O–H groups in total. The number of hydrogen-bond donors (Lipinski definition) is 2. The number of halogens is 2. The Bertz CT molecular complexity index is 1140. The van der Waals surface area contributed by atoms with E-state index < -0.39 is 11.8 Å². The van der Waals surface area contributed by atoms with E-state index >= 15 is 0 Å². The van der Waals surface area contributed by atoms with E-state index in [1.165, 1.54) is 0 Å². The summed E-state index contributed by atoms with van der Waals surface area (Å²) < 4.78 is 13.0. The molecule has 0 unspecified atom stereocenters. The average Bonchev–Trinajstić information content (AvgIpc) is 2.75. The van der Waals surface area contributed by atoms with Crippen molar-refractivity contribution in [3.8, 4) is 11.5 Å². The molecule has 2 amide bonds. The Morgan fingerprint density at radius 2 is 1.47 bits per heavy atom. The fourth-order valence-corrected chi connectivity index (χ4v) is 4.05. The van der Waals surface area contributed by atoms with Crippen molar-refractivity contribution in [3.05, 3.63) is 69.1 Å². The van der Waals surface area contributed by atoms with Crippen molar-refractivity contribution in [2.75, 3.05) is 13.2 Å². The van der Waals surface area contributed by atoms with Crippen LogP contribution in [0.4, 0.5) is 0 Å². The van der Waals surface area contributed by atoms with Crippen LogP contribution in [-0.2, 0) is 15.0 Å². The van der Waals surface area contributed by atoms with Gasteiger partial charge in [0.15, 0.2) is 13.2 Å². The van der Waals surface area contributed by atoms with Crippen LogP contribution >= 0.6 is 31.9 Å². The Hall–Kier alpha value is -2.58. The van der Waals surface area contributed by atoms with Gasteiger partial charge in [0, 0.05) is 4.47 Å². The number of carbonyl (C=O) groups is 2. The Labute approximate surface area is 203 Å². The van der Waals surface area contributed by atoms with Crippen molar-refractivity contribution in [1.29, 1.82) is 0 Å². The molecule has 3 aromatic rings. The van der Waals surface area contributed by atoms with Crippen LogP contribution in [0, 0.1) is 0 Å². The van der Waals surface area contributed by atoms with Crippen molar-refractivity contribution in [3.63, 3.8) is 0 Å². The van der Waals surface area contributed by atoms with Gasteiger partial charge in [-0.2, -0.15) is 0 Å². The van der Waals surface area contributed by atoms with E-state index in [0.717, 1.165) is 25.3 Å². The third kappa shape index (κ3) is 6.23. The van der Waals surface area contributed by atoms with Gasteiger partial charge in [-0.15, -0.1) is 0 Å². The van der Waals surface area contributed by atoms with Gasteiger partial charge in [-0.3, -0.25) is 20.4 Å². The van der Waals surface area contributed by atoms with Crippen molar-refractivity contribution in [2.45, 2.75) is 26.2 Å². The smallest absolute Gasteiger partial charge is 0.276 e. The summed E-state index contributed by atoms with van der Waals surface area (Å²) in [6.45, 7) is 5.74. The molecule has 0 aliphatic heterocycles. The molecule has 0 atom stereocenters. The van der Waals surface area contributed by atoms with E-state index in [0.29, 0.717) is 11.5 Å². The zero-order valence-electron chi connectivity index (χ0n) is 18.0. The van der Waals surface area contributed by atoms with Crippen molar-refractivity contribution < 1.29 is 19.1 Å². The molecule has 0 aromatic heterocycles. The maximum Gasteiger partial charge on any atom is 0.276 e. The monoisotopic (exact) mass is 562 g/mol. The summed E-state index contributed by atoms with van der Waals surface area (Å²) in [6.07, 6.45) is 0. The lowest BCUT2D eigenvalue weighted by Gasteiger charge is -2.22. The third-order valence-electron chi connectivity index (χ3n) is 4.63. The molecule has 0 heterocycles. The van der Waals surface area contributed by atoms with Gasteiger partial charge in [0.1, 0.15) is 11.5 Å². The van der Waals surface area contributed by atoms with E-state index in [4.69, 9.17) is 9.47 Å². The summed E-state index contributed by atoms with van der Waals surface area (Å²) in [6, 6.07) is 17.1. The Balaban J connectivity index is 1.48. The molecule has 0 bridgehead atoms. The molecule has 0 aliphatic rings. The number of hydrazine groups is 1. The van der Waals surface area contributed by atoms with Crippen molar-refractivity contribution in [1.82, 2.24) is 10.9 Å². The summed E-state index contributed by atoms with van der Waals surface area (Å²) in [7, 11) is 0. The number of carbonyl (C=O) groups excluding carboxylic acids is 2. The SMILES string of the molecule is CC(C)(C)c1ccccc1OCC(=O)NNC(=O)COc1ccc2cc(Br)ccc2c1Br. The summed E-state index contributed by atoms with van der Waals surface area (Å²) in [5, 5.41) is 2.00. The fraction of sp³-hybridized carbons (Fsp3) is 0.250. The molecule has 0 spiro atoms. The first-order valence-corrected chi connectivity index (χ1v) is 11.5. The average molecular weight is 564 g/mol. The lowest BCUT2D eigenvalue weighted by Crippen LogP contribution is -2.45. The minimum absolute atomic E-state index is 0.119.